The van der Waals surface area contributed by atoms with E-state index in [4.69, 9.17) is 0 Å². The number of fused-ring (bicyclic) bond motifs is 1. The molecule has 2 aromatic heterocycles. The van der Waals surface area contributed by atoms with Crippen LogP contribution in [-0.2, 0) is 6.54 Å². The van der Waals surface area contributed by atoms with Gasteiger partial charge in [0.25, 0.3) is 0 Å². The quantitative estimate of drug-likeness (QED) is 0.752. The average molecular weight is 352 g/mol. The van der Waals surface area contributed by atoms with Gasteiger partial charge in [-0.3, -0.25) is 9.97 Å². The number of pyridine rings is 1. The fourth-order valence-electron chi connectivity index (χ4n) is 3.34. The summed E-state index contributed by atoms with van der Waals surface area (Å²) in [6, 6.07) is 5.83. The van der Waals surface area contributed by atoms with Crippen LogP contribution in [0.4, 0.5) is 15.8 Å². The van der Waals surface area contributed by atoms with E-state index in [1.54, 1.807) is 12.4 Å². The Kier molecular flexibility index (Phi) is 4.62. The fraction of sp³-hybridized carbons (Fsp3) is 0.316. The Labute approximate surface area is 151 Å². The molecule has 4 rings (SSSR count). The molecule has 1 saturated heterocycles. The molecule has 0 bridgehead atoms. The van der Waals surface area contributed by atoms with E-state index in [-0.39, 0.29) is 5.82 Å². The second kappa shape index (κ2) is 7.21. The molecular formula is C19H21FN6. The van der Waals surface area contributed by atoms with Gasteiger partial charge in [-0.15, -0.1) is 0 Å². The van der Waals surface area contributed by atoms with Gasteiger partial charge in [-0.2, -0.15) is 0 Å². The number of halogens is 1. The van der Waals surface area contributed by atoms with Gasteiger partial charge in [0.15, 0.2) is 5.82 Å². The smallest absolute Gasteiger partial charge is 0.151 e. The molecule has 1 aliphatic heterocycles. The zero-order chi connectivity index (χ0) is 17.9. The molecular weight excluding hydrogens is 331 g/mol. The average Bonchev–Trinajstić information content (AvgIpc) is 2.67. The van der Waals surface area contributed by atoms with Crippen molar-refractivity contribution < 1.29 is 4.39 Å². The third-order valence-electron chi connectivity index (χ3n) is 4.58. The maximum Gasteiger partial charge on any atom is 0.151 e. The Bertz CT molecular complexity index is 915. The standard InChI is InChI=1S/C19H21FN6/c1-13-12-26(7-6-22-13)18-2-3-21-11-17(18)25-10-14-8-15(20)19-16(9-14)23-4-5-24-19/h2-5,8-9,11,13,22,25H,6-7,10,12H2,1H3. The molecule has 2 N–H and O–H groups in total. The van der Waals surface area contributed by atoms with Gasteiger partial charge in [-0.1, -0.05) is 0 Å². The predicted molar refractivity (Wildman–Crippen MR) is 101 cm³/mol. The van der Waals surface area contributed by atoms with Crippen molar-refractivity contribution in [3.8, 4) is 0 Å². The molecule has 1 atom stereocenters. The molecule has 3 heterocycles. The summed E-state index contributed by atoms with van der Waals surface area (Å²) in [5.74, 6) is -0.352. The zero-order valence-corrected chi connectivity index (χ0v) is 14.6. The lowest BCUT2D eigenvalue weighted by Gasteiger charge is -2.34. The summed E-state index contributed by atoms with van der Waals surface area (Å²) in [6.45, 7) is 5.52. The molecule has 6 nitrogen and oxygen atoms in total. The summed E-state index contributed by atoms with van der Waals surface area (Å²) >= 11 is 0. The molecule has 0 amide bonds. The third-order valence-corrected chi connectivity index (χ3v) is 4.58. The van der Waals surface area contributed by atoms with Gasteiger partial charge >= 0.3 is 0 Å². The van der Waals surface area contributed by atoms with Crippen LogP contribution in [0.3, 0.4) is 0 Å². The molecule has 1 aromatic carbocycles. The number of rotatable bonds is 4. The van der Waals surface area contributed by atoms with Crippen molar-refractivity contribution in [1.29, 1.82) is 0 Å². The highest BCUT2D eigenvalue weighted by Gasteiger charge is 2.18. The third kappa shape index (κ3) is 3.43. The first-order valence-electron chi connectivity index (χ1n) is 8.76. The molecule has 0 radical (unpaired) electrons. The van der Waals surface area contributed by atoms with E-state index >= 15 is 0 Å². The number of hydrogen-bond acceptors (Lipinski definition) is 6. The maximum absolute atomic E-state index is 14.2. The van der Waals surface area contributed by atoms with Gasteiger partial charge in [0.05, 0.1) is 23.1 Å². The van der Waals surface area contributed by atoms with Crippen LogP contribution in [0.25, 0.3) is 11.0 Å². The lowest BCUT2D eigenvalue weighted by Crippen LogP contribution is -2.49. The number of anilines is 2. The number of nitrogens with zero attached hydrogens (tertiary/aromatic N) is 4. The normalized spacial score (nSPS) is 17.5. The van der Waals surface area contributed by atoms with Gasteiger partial charge in [-0.25, -0.2) is 9.37 Å². The van der Waals surface area contributed by atoms with Crippen LogP contribution >= 0.6 is 0 Å². The lowest BCUT2D eigenvalue weighted by atomic mass is 10.1. The minimum atomic E-state index is -0.352. The highest BCUT2D eigenvalue weighted by Crippen LogP contribution is 2.26. The number of hydrogen-bond donors (Lipinski definition) is 2. The van der Waals surface area contributed by atoms with E-state index in [1.807, 2.05) is 18.3 Å². The molecule has 0 spiro atoms. The first-order valence-corrected chi connectivity index (χ1v) is 8.76. The van der Waals surface area contributed by atoms with E-state index in [2.05, 4.69) is 37.4 Å². The Morgan fingerprint density at radius 3 is 3.04 bits per heavy atom. The first kappa shape index (κ1) is 16.7. The SMILES string of the molecule is CC1CN(c2ccncc2NCc2cc(F)c3nccnc3c2)CCN1. The predicted octanol–water partition coefficient (Wildman–Crippen LogP) is 2.57. The van der Waals surface area contributed by atoms with Crippen LogP contribution in [0.1, 0.15) is 12.5 Å². The van der Waals surface area contributed by atoms with Gasteiger partial charge in [0.1, 0.15) is 5.52 Å². The van der Waals surface area contributed by atoms with Crippen LogP contribution < -0.4 is 15.5 Å². The minimum absolute atomic E-state index is 0.299. The van der Waals surface area contributed by atoms with Gasteiger partial charge in [0.2, 0.25) is 0 Å². The largest absolute Gasteiger partial charge is 0.378 e. The topological polar surface area (TPSA) is 66.0 Å². The molecule has 1 unspecified atom stereocenters. The maximum atomic E-state index is 14.2. The van der Waals surface area contributed by atoms with Gasteiger partial charge in [0, 0.05) is 50.8 Å². The van der Waals surface area contributed by atoms with Crippen LogP contribution in [0, 0.1) is 5.82 Å². The number of benzene rings is 1. The molecule has 1 aliphatic rings. The van der Waals surface area contributed by atoms with Crippen molar-refractivity contribution in [2.24, 2.45) is 0 Å². The molecule has 0 aliphatic carbocycles. The summed E-state index contributed by atoms with van der Waals surface area (Å²) in [6.07, 6.45) is 6.70. The summed E-state index contributed by atoms with van der Waals surface area (Å²) in [5, 5.41) is 6.84. The molecule has 26 heavy (non-hydrogen) atoms. The first-order chi connectivity index (χ1) is 12.7. The Hall–Kier alpha value is -2.80. The molecule has 7 heteroatoms. The minimum Gasteiger partial charge on any atom is -0.378 e. The molecule has 134 valence electrons. The Balaban J connectivity index is 1.55. The van der Waals surface area contributed by atoms with Crippen LogP contribution in [-0.4, -0.2) is 40.6 Å². The van der Waals surface area contributed by atoms with Crippen molar-refractivity contribution in [2.45, 2.75) is 19.5 Å². The number of nitrogens with one attached hydrogen (secondary N) is 2. The second-order valence-electron chi connectivity index (χ2n) is 6.55. The van der Waals surface area contributed by atoms with E-state index in [9.17, 15) is 4.39 Å². The number of piperazine rings is 1. The highest BCUT2D eigenvalue weighted by atomic mass is 19.1. The monoisotopic (exact) mass is 352 g/mol. The van der Waals surface area contributed by atoms with Crippen LogP contribution in [0.15, 0.2) is 43.0 Å². The summed E-state index contributed by atoms with van der Waals surface area (Å²) < 4.78 is 14.2. The van der Waals surface area contributed by atoms with Gasteiger partial charge in [-0.05, 0) is 30.7 Å². The Morgan fingerprint density at radius 2 is 2.15 bits per heavy atom. The summed E-state index contributed by atoms with van der Waals surface area (Å²) in [5.41, 5.74) is 3.74. The van der Waals surface area contributed by atoms with E-state index in [1.165, 1.54) is 12.3 Å². The van der Waals surface area contributed by atoms with Crippen molar-refractivity contribution in [3.63, 3.8) is 0 Å². The van der Waals surface area contributed by atoms with E-state index in [0.29, 0.717) is 23.6 Å². The van der Waals surface area contributed by atoms with Crippen molar-refractivity contribution >= 4 is 22.4 Å². The van der Waals surface area contributed by atoms with Crippen LogP contribution in [0.5, 0.6) is 0 Å². The second-order valence-corrected chi connectivity index (χ2v) is 6.55. The zero-order valence-electron chi connectivity index (χ0n) is 14.6. The highest BCUT2D eigenvalue weighted by molar-refractivity contribution is 5.75. The van der Waals surface area contributed by atoms with Crippen molar-refractivity contribution in [3.05, 3.63) is 54.4 Å². The van der Waals surface area contributed by atoms with Gasteiger partial charge < -0.3 is 15.5 Å². The fourth-order valence-corrected chi connectivity index (χ4v) is 3.34. The van der Waals surface area contributed by atoms with Crippen LogP contribution in [0.2, 0.25) is 0 Å². The van der Waals surface area contributed by atoms with E-state index in [0.717, 1.165) is 36.6 Å². The summed E-state index contributed by atoms with van der Waals surface area (Å²) in [7, 11) is 0. The van der Waals surface area contributed by atoms with Crippen molar-refractivity contribution in [1.82, 2.24) is 20.3 Å². The lowest BCUT2D eigenvalue weighted by molar-refractivity contribution is 0.485. The van der Waals surface area contributed by atoms with E-state index < -0.39 is 0 Å². The molecule has 0 saturated carbocycles. The number of aromatic nitrogens is 3. The van der Waals surface area contributed by atoms with Crippen molar-refractivity contribution in [2.75, 3.05) is 29.9 Å². The summed E-state index contributed by atoms with van der Waals surface area (Å²) in [4.78, 5) is 14.8. The Morgan fingerprint density at radius 1 is 1.27 bits per heavy atom. The molecule has 1 fully saturated rings. The molecule has 3 aromatic rings.